The summed E-state index contributed by atoms with van der Waals surface area (Å²) in [6, 6.07) is 0.0457. The molecule has 0 radical (unpaired) electrons. The van der Waals surface area contributed by atoms with Crippen LogP contribution in [-0.2, 0) is 9.53 Å². The Hall–Kier alpha value is -1.40. The van der Waals surface area contributed by atoms with Crippen molar-refractivity contribution in [3.63, 3.8) is 0 Å². The Balaban J connectivity index is 1.91. The Labute approximate surface area is 119 Å². The number of rotatable bonds is 5. The van der Waals surface area contributed by atoms with Crippen LogP contribution in [0.15, 0.2) is 4.52 Å². The van der Waals surface area contributed by atoms with Crippen LogP contribution in [-0.4, -0.2) is 43.4 Å². The minimum absolute atomic E-state index is 0.0354. The van der Waals surface area contributed by atoms with Crippen LogP contribution in [0.3, 0.4) is 0 Å². The molecule has 112 valence electrons. The number of amides is 1. The molecular weight excluding hydrogens is 258 g/mol. The molecular formula is C14H23N3O3. The van der Waals surface area contributed by atoms with Gasteiger partial charge in [0.25, 0.3) is 0 Å². The molecule has 1 aliphatic heterocycles. The molecule has 1 fully saturated rings. The predicted molar refractivity (Wildman–Crippen MR) is 74.6 cm³/mol. The fourth-order valence-corrected chi connectivity index (χ4v) is 2.89. The molecule has 1 saturated heterocycles. The molecule has 6 nitrogen and oxygen atoms in total. The summed E-state index contributed by atoms with van der Waals surface area (Å²) < 4.78 is 10.5. The van der Waals surface area contributed by atoms with E-state index in [0.717, 1.165) is 30.1 Å². The molecule has 0 unspecified atom stereocenters. The molecule has 1 aliphatic rings. The highest BCUT2D eigenvalue weighted by Crippen LogP contribution is 2.25. The lowest BCUT2D eigenvalue weighted by molar-refractivity contribution is -0.122. The van der Waals surface area contributed by atoms with Crippen molar-refractivity contribution >= 4 is 5.91 Å². The number of aryl methyl sites for hydroxylation is 2. The quantitative estimate of drug-likeness (QED) is 0.838. The fraction of sp³-hybridized carbons (Fsp3) is 0.714. The standard InChI is InChI=1S/C14H23N3O3/c1-8(14-9(2)17-20-10(14)3)5-13(18)16-11-6-15-7-12(11)19-4/h8,11-12,15H,5-7H2,1-4H3,(H,16,18)/t8-,11+,12+/m1/s1. The average molecular weight is 281 g/mol. The maximum absolute atomic E-state index is 12.1. The minimum Gasteiger partial charge on any atom is -0.378 e. The molecule has 0 bridgehead atoms. The third-order valence-corrected chi connectivity index (χ3v) is 3.88. The summed E-state index contributed by atoms with van der Waals surface area (Å²) in [6.07, 6.45) is 0.476. The number of ether oxygens (including phenoxy) is 1. The molecule has 2 heterocycles. The monoisotopic (exact) mass is 281 g/mol. The van der Waals surface area contributed by atoms with E-state index in [1.807, 2.05) is 20.8 Å². The minimum atomic E-state index is 0.0354. The molecule has 0 spiro atoms. The number of carbonyl (C=O) groups excluding carboxylic acids is 1. The SMILES string of the molecule is CO[C@H]1CNC[C@@H]1NC(=O)C[C@@H](C)c1c(C)noc1C. The number of aromatic nitrogens is 1. The Morgan fingerprint density at radius 2 is 2.30 bits per heavy atom. The van der Waals surface area contributed by atoms with Gasteiger partial charge in [-0.05, 0) is 19.8 Å². The largest absolute Gasteiger partial charge is 0.378 e. The van der Waals surface area contributed by atoms with E-state index in [1.54, 1.807) is 7.11 Å². The second kappa shape index (κ2) is 6.37. The number of nitrogens with zero attached hydrogens (tertiary/aromatic N) is 1. The van der Waals surface area contributed by atoms with Crippen molar-refractivity contribution in [3.05, 3.63) is 17.0 Å². The summed E-state index contributed by atoms with van der Waals surface area (Å²) in [5.74, 6) is 0.921. The normalized spacial score (nSPS) is 23.8. The molecule has 2 N–H and O–H groups in total. The zero-order valence-electron chi connectivity index (χ0n) is 12.5. The highest BCUT2D eigenvalue weighted by molar-refractivity contribution is 5.77. The number of hydrogen-bond donors (Lipinski definition) is 2. The van der Waals surface area contributed by atoms with Crippen molar-refractivity contribution in [2.24, 2.45) is 0 Å². The summed E-state index contributed by atoms with van der Waals surface area (Å²) >= 11 is 0. The van der Waals surface area contributed by atoms with Gasteiger partial charge >= 0.3 is 0 Å². The molecule has 0 aliphatic carbocycles. The van der Waals surface area contributed by atoms with Crippen molar-refractivity contribution in [2.45, 2.75) is 45.3 Å². The molecule has 6 heteroatoms. The summed E-state index contributed by atoms with van der Waals surface area (Å²) in [7, 11) is 1.67. The van der Waals surface area contributed by atoms with E-state index in [9.17, 15) is 4.79 Å². The van der Waals surface area contributed by atoms with Crippen LogP contribution in [0.2, 0.25) is 0 Å². The van der Waals surface area contributed by atoms with Gasteiger partial charge in [-0.15, -0.1) is 0 Å². The van der Waals surface area contributed by atoms with Gasteiger partial charge in [-0.2, -0.15) is 0 Å². The van der Waals surface area contributed by atoms with Gasteiger partial charge in [0.05, 0.1) is 17.8 Å². The van der Waals surface area contributed by atoms with Crippen molar-refractivity contribution in [1.82, 2.24) is 15.8 Å². The van der Waals surface area contributed by atoms with Gasteiger partial charge in [0.15, 0.2) is 0 Å². The van der Waals surface area contributed by atoms with Gasteiger partial charge < -0.3 is 19.9 Å². The first kappa shape index (κ1) is 15.0. The molecule has 0 aromatic carbocycles. The third-order valence-electron chi connectivity index (χ3n) is 3.88. The van der Waals surface area contributed by atoms with Crippen LogP contribution in [0.25, 0.3) is 0 Å². The van der Waals surface area contributed by atoms with Gasteiger partial charge in [0.2, 0.25) is 5.91 Å². The van der Waals surface area contributed by atoms with E-state index >= 15 is 0 Å². The van der Waals surface area contributed by atoms with Crippen LogP contribution < -0.4 is 10.6 Å². The maximum Gasteiger partial charge on any atom is 0.220 e. The van der Waals surface area contributed by atoms with Crippen LogP contribution in [0.1, 0.15) is 36.3 Å². The van der Waals surface area contributed by atoms with Gasteiger partial charge in [-0.3, -0.25) is 4.79 Å². The Morgan fingerprint density at radius 3 is 2.90 bits per heavy atom. The molecule has 3 atom stereocenters. The van der Waals surface area contributed by atoms with Crippen molar-refractivity contribution in [3.8, 4) is 0 Å². The zero-order valence-corrected chi connectivity index (χ0v) is 12.5. The van der Waals surface area contributed by atoms with Crippen LogP contribution >= 0.6 is 0 Å². The van der Waals surface area contributed by atoms with E-state index in [1.165, 1.54) is 0 Å². The Morgan fingerprint density at radius 1 is 1.55 bits per heavy atom. The van der Waals surface area contributed by atoms with E-state index in [0.29, 0.717) is 6.42 Å². The molecule has 1 aromatic heterocycles. The summed E-state index contributed by atoms with van der Waals surface area (Å²) in [4.78, 5) is 12.1. The maximum atomic E-state index is 12.1. The smallest absolute Gasteiger partial charge is 0.220 e. The molecule has 1 amide bonds. The first-order chi connectivity index (χ1) is 9.52. The summed E-state index contributed by atoms with van der Waals surface area (Å²) in [5, 5.41) is 10.2. The highest BCUT2D eigenvalue weighted by atomic mass is 16.5. The number of hydrogen-bond acceptors (Lipinski definition) is 5. The van der Waals surface area contributed by atoms with Gasteiger partial charge in [-0.25, -0.2) is 0 Å². The Kier molecular flexibility index (Phi) is 4.77. The van der Waals surface area contributed by atoms with E-state index in [4.69, 9.17) is 9.26 Å². The zero-order chi connectivity index (χ0) is 14.7. The molecule has 20 heavy (non-hydrogen) atoms. The van der Waals surface area contributed by atoms with Crippen LogP contribution in [0.4, 0.5) is 0 Å². The second-order valence-corrected chi connectivity index (χ2v) is 5.45. The lowest BCUT2D eigenvalue weighted by atomic mass is 9.95. The first-order valence-corrected chi connectivity index (χ1v) is 6.98. The van der Waals surface area contributed by atoms with Gasteiger partial charge in [0.1, 0.15) is 5.76 Å². The van der Waals surface area contributed by atoms with Crippen molar-refractivity contribution in [1.29, 1.82) is 0 Å². The molecule has 2 rings (SSSR count). The summed E-state index contributed by atoms with van der Waals surface area (Å²) in [6.45, 7) is 7.34. The van der Waals surface area contributed by atoms with Gasteiger partial charge in [-0.1, -0.05) is 12.1 Å². The van der Waals surface area contributed by atoms with E-state index in [2.05, 4.69) is 15.8 Å². The second-order valence-electron chi connectivity index (χ2n) is 5.45. The van der Waals surface area contributed by atoms with Crippen LogP contribution in [0, 0.1) is 13.8 Å². The lowest BCUT2D eigenvalue weighted by Gasteiger charge is -2.19. The number of carbonyl (C=O) groups is 1. The van der Waals surface area contributed by atoms with E-state index in [-0.39, 0.29) is 24.0 Å². The van der Waals surface area contributed by atoms with Crippen molar-refractivity contribution in [2.75, 3.05) is 20.2 Å². The van der Waals surface area contributed by atoms with Gasteiger partial charge in [0, 0.05) is 32.2 Å². The van der Waals surface area contributed by atoms with E-state index < -0.39 is 0 Å². The average Bonchev–Trinajstić information content (AvgIpc) is 2.96. The fourth-order valence-electron chi connectivity index (χ4n) is 2.89. The number of methoxy groups -OCH3 is 1. The van der Waals surface area contributed by atoms with Crippen molar-refractivity contribution < 1.29 is 14.1 Å². The molecule has 1 aromatic rings. The highest BCUT2D eigenvalue weighted by Gasteiger charge is 2.29. The predicted octanol–water partition coefficient (Wildman–Crippen LogP) is 0.888. The summed E-state index contributed by atoms with van der Waals surface area (Å²) in [5.41, 5.74) is 1.90. The topological polar surface area (TPSA) is 76.4 Å². The number of nitrogens with one attached hydrogen (secondary N) is 2. The molecule has 0 saturated carbocycles. The lowest BCUT2D eigenvalue weighted by Crippen LogP contribution is -2.43. The third kappa shape index (κ3) is 3.19. The Bertz CT molecular complexity index is 453. The first-order valence-electron chi connectivity index (χ1n) is 6.98. The van der Waals surface area contributed by atoms with Crippen LogP contribution in [0.5, 0.6) is 0 Å².